The lowest BCUT2D eigenvalue weighted by Gasteiger charge is -2.33. The molecule has 5 rings (SSSR count). The van der Waals surface area contributed by atoms with Crippen LogP contribution in [0.5, 0.6) is 0 Å². The molecule has 1 saturated heterocycles. The molecule has 1 fully saturated rings. The number of aromatic nitrogens is 1. The Morgan fingerprint density at radius 2 is 2.03 bits per heavy atom. The highest BCUT2D eigenvalue weighted by molar-refractivity contribution is 7.16. The highest BCUT2D eigenvalue weighted by Gasteiger charge is 2.38. The molecular weight excluding hydrogens is 411 g/mol. The van der Waals surface area contributed by atoms with Crippen LogP contribution in [0.4, 0.5) is 15.8 Å². The lowest BCUT2D eigenvalue weighted by molar-refractivity contribution is 0.0697. The molecule has 2 aliphatic heterocycles. The van der Waals surface area contributed by atoms with Crippen LogP contribution in [0.25, 0.3) is 15.7 Å². The van der Waals surface area contributed by atoms with E-state index in [-0.39, 0.29) is 23.5 Å². The number of aliphatic hydroxyl groups is 1. The minimum Gasteiger partial charge on any atom is -0.477 e. The summed E-state index contributed by atoms with van der Waals surface area (Å²) in [5.74, 6) is -1.91. The molecule has 0 amide bonds. The summed E-state index contributed by atoms with van der Waals surface area (Å²) in [6.07, 6.45) is -0.634. The predicted octanol–water partition coefficient (Wildman–Crippen LogP) is 1.41. The Kier molecular flexibility index (Phi) is 4.12. The van der Waals surface area contributed by atoms with E-state index >= 15 is 4.39 Å². The molecule has 2 atom stereocenters. The Bertz CT molecular complexity index is 1280. The van der Waals surface area contributed by atoms with Gasteiger partial charge in [0.05, 0.1) is 46.7 Å². The van der Waals surface area contributed by atoms with Crippen molar-refractivity contribution in [3.05, 3.63) is 38.7 Å². The monoisotopic (exact) mass is 432 g/mol. The number of nitrogens with zero attached hydrogens (tertiary/aromatic N) is 4. The fraction of sp³-hybridized carbons (Fsp3) is 0.400. The van der Waals surface area contributed by atoms with Crippen LogP contribution in [0.1, 0.15) is 16.1 Å². The number of likely N-dealkylation sites (N-methyl/N-ethyl adjacent to an activating group) is 1. The Hall–Kier alpha value is -2.69. The van der Waals surface area contributed by atoms with Gasteiger partial charge in [-0.15, -0.1) is 11.3 Å². The molecule has 1 aromatic carbocycles. The molecule has 0 radical (unpaired) electrons. The molecule has 0 unspecified atom stereocenters. The summed E-state index contributed by atoms with van der Waals surface area (Å²) in [4.78, 5) is 30.8. The third-order valence-corrected chi connectivity index (χ3v) is 7.14. The standard InChI is InChI=1S/C20H21FN4O4S/c1-22(2)12-6-24(7-13(12)26)16-11(21)4-10-15-17(16)23(3)5-9-8-30-19(25(9)15)14(18(10)27)20(28)29/h4,8,12-13,26H,5-7H2,1-3H3,(H,28,29)/t12-,13-/m0/s1. The van der Waals surface area contributed by atoms with Crippen molar-refractivity contribution < 1.29 is 19.4 Å². The highest BCUT2D eigenvalue weighted by Crippen LogP contribution is 2.44. The van der Waals surface area contributed by atoms with E-state index in [2.05, 4.69) is 0 Å². The lowest BCUT2D eigenvalue weighted by Crippen LogP contribution is -2.38. The minimum atomic E-state index is -1.32. The molecular formula is C20H21FN4O4S. The number of pyridine rings is 1. The first-order valence-electron chi connectivity index (χ1n) is 9.55. The summed E-state index contributed by atoms with van der Waals surface area (Å²) in [6, 6.07) is 1.00. The Morgan fingerprint density at radius 3 is 2.67 bits per heavy atom. The highest BCUT2D eigenvalue weighted by atomic mass is 32.1. The van der Waals surface area contributed by atoms with Crippen LogP contribution in [-0.4, -0.2) is 71.9 Å². The summed E-state index contributed by atoms with van der Waals surface area (Å²) in [5.41, 5.74) is 1.24. The number of aliphatic hydroxyl groups excluding tert-OH is 1. The number of carboxylic acid groups (broad SMARTS) is 1. The summed E-state index contributed by atoms with van der Waals surface area (Å²) >= 11 is 1.21. The zero-order valence-corrected chi connectivity index (χ0v) is 17.5. The number of anilines is 2. The van der Waals surface area contributed by atoms with Crippen molar-refractivity contribution >= 4 is 44.4 Å². The van der Waals surface area contributed by atoms with Crippen molar-refractivity contribution in [1.82, 2.24) is 9.30 Å². The van der Waals surface area contributed by atoms with Crippen LogP contribution in [0.3, 0.4) is 0 Å². The summed E-state index contributed by atoms with van der Waals surface area (Å²) < 4.78 is 17.2. The molecule has 0 bridgehead atoms. The van der Waals surface area contributed by atoms with E-state index in [0.717, 1.165) is 11.8 Å². The maximum Gasteiger partial charge on any atom is 0.342 e. The second-order valence-electron chi connectivity index (χ2n) is 8.19. The maximum absolute atomic E-state index is 15.5. The average molecular weight is 432 g/mol. The van der Waals surface area contributed by atoms with Crippen molar-refractivity contribution in [2.45, 2.75) is 18.7 Å². The van der Waals surface area contributed by atoms with Gasteiger partial charge in [0.25, 0.3) is 0 Å². The number of hydrogen-bond acceptors (Lipinski definition) is 7. The smallest absolute Gasteiger partial charge is 0.342 e. The molecule has 3 aromatic rings. The largest absolute Gasteiger partial charge is 0.477 e. The predicted molar refractivity (Wildman–Crippen MR) is 114 cm³/mol. The first-order chi connectivity index (χ1) is 14.2. The van der Waals surface area contributed by atoms with Crippen LogP contribution < -0.4 is 15.2 Å². The molecule has 0 saturated carbocycles. The van der Waals surface area contributed by atoms with Crippen LogP contribution >= 0.6 is 11.3 Å². The third kappa shape index (κ3) is 2.44. The van der Waals surface area contributed by atoms with Gasteiger partial charge in [0, 0.05) is 25.5 Å². The number of halogens is 1. The fourth-order valence-corrected chi connectivity index (χ4v) is 5.80. The number of carboxylic acids is 1. The van der Waals surface area contributed by atoms with E-state index in [1.165, 1.54) is 11.3 Å². The second-order valence-corrected chi connectivity index (χ2v) is 9.05. The maximum atomic E-state index is 15.5. The van der Waals surface area contributed by atoms with E-state index in [0.29, 0.717) is 34.8 Å². The Morgan fingerprint density at radius 1 is 1.30 bits per heavy atom. The van der Waals surface area contributed by atoms with Gasteiger partial charge in [-0.2, -0.15) is 0 Å². The van der Waals surface area contributed by atoms with E-state index < -0.39 is 23.3 Å². The van der Waals surface area contributed by atoms with Gasteiger partial charge >= 0.3 is 5.97 Å². The fourth-order valence-electron chi connectivity index (χ4n) is 4.76. The molecule has 0 spiro atoms. The van der Waals surface area contributed by atoms with Gasteiger partial charge in [0.2, 0.25) is 5.43 Å². The summed E-state index contributed by atoms with van der Waals surface area (Å²) in [5, 5.41) is 22.0. The normalized spacial score (nSPS) is 21.0. The number of benzene rings is 1. The Labute approximate surface area is 175 Å². The molecule has 158 valence electrons. The number of hydrogen-bond donors (Lipinski definition) is 2. The molecule has 2 aromatic heterocycles. The zero-order valence-electron chi connectivity index (χ0n) is 16.7. The number of carbonyl (C=O) groups is 1. The van der Waals surface area contributed by atoms with Crippen molar-refractivity contribution in [2.75, 3.05) is 44.0 Å². The lowest BCUT2D eigenvalue weighted by atomic mass is 10.0. The number of rotatable bonds is 3. The van der Waals surface area contributed by atoms with Gasteiger partial charge in [-0.05, 0) is 20.2 Å². The Balaban J connectivity index is 1.86. The van der Waals surface area contributed by atoms with Crippen molar-refractivity contribution in [1.29, 1.82) is 0 Å². The number of thiazole rings is 1. The first kappa shape index (κ1) is 19.3. The average Bonchev–Trinajstić information content (AvgIpc) is 3.24. The quantitative estimate of drug-likeness (QED) is 0.647. The SMILES string of the molecule is CN1Cc2csc3c(C(=O)O)c(=O)c4cc(F)c(N5C[C@H](O)[C@@H](N(C)C)C5)c1c4n23. The van der Waals surface area contributed by atoms with E-state index in [1.807, 2.05) is 41.2 Å². The summed E-state index contributed by atoms with van der Waals surface area (Å²) in [7, 11) is 5.58. The van der Waals surface area contributed by atoms with Crippen molar-refractivity contribution in [3.63, 3.8) is 0 Å². The van der Waals surface area contributed by atoms with Gasteiger partial charge in [0.1, 0.15) is 16.2 Å². The number of β-amino-alcohol motifs (C(OH)–C–C–N with tert-alkyl or cyclic N) is 1. The van der Waals surface area contributed by atoms with Crippen molar-refractivity contribution in [3.8, 4) is 0 Å². The molecule has 30 heavy (non-hydrogen) atoms. The minimum absolute atomic E-state index is 0.0521. The van der Waals surface area contributed by atoms with Gasteiger partial charge < -0.3 is 24.9 Å². The third-order valence-electron chi connectivity index (χ3n) is 6.14. The molecule has 8 nitrogen and oxygen atoms in total. The van der Waals surface area contributed by atoms with Gasteiger partial charge in [0.15, 0.2) is 0 Å². The van der Waals surface area contributed by atoms with Gasteiger partial charge in [-0.3, -0.25) is 9.20 Å². The van der Waals surface area contributed by atoms with Gasteiger partial charge in [-0.1, -0.05) is 0 Å². The van der Waals surface area contributed by atoms with Gasteiger partial charge in [-0.25, -0.2) is 9.18 Å². The van der Waals surface area contributed by atoms with E-state index in [9.17, 15) is 19.8 Å². The molecule has 2 N–H and O–H groups in total. The molecule has 0 aliphatic carbocycles. The molecule has 4 heterocycles. The zero-order chi connectivity index (χ0) is 21.5. The van der Waals surface area contributed by atoms with E-state index in [4.69, 9.17) is 0 Å². The van der Waals surface area contributed by atoms with Crippen LogP contribution in [0.2, 0.25) is 0 Å². The first-order valence-corrected chi connectivity index (χ1v) is 10.4. The summed E-state index contributed by atoms with van der Waals surface area (Å²) in [6.45, 7) is 1.17. The topological polar surface area (TPSA) is 88.7 Å². The second kappa shape index (κ2) is 6.40. The van der Waals surface area contributed by atoms with Crippen LogP contribution in [-0.2, 0) is 6.54 Å². The number of aromatic carboxylic acids is 1. The molecule has 2 aliphatic rings. The molecule has 10 heteroatoms. The van der Waals surface area contributed by atoms with Crippen LogP contribution in [0.15, 0.2) is 16.2 Å². The van der Waals surface area contributed by atoms with Crippen LogP contribution in [0, 0.1) is 5.82 Å². The van der Waals surface area contributed by atoms with E-state index in [1.54, 1.807) is 4.40 Å². The van der Waals surface area contributed by atoms with Crippen molar-refractivity contribution in [2.24, 2.45) is 0 Å².